The molecule has 0 aliphatic carbocycles. The van der Waals surface area contributed by atoms with Crippen LogP contribution in [-0.4, -0.2) is 76.0 Å². The Morgan fingerprint density at radius 3 is 2.64 bits per heavy atom. The number of hydrogen-bond acceptors (Lipinski definition) is 8. The molecule has 0 bridgehead atoms. The minimum atomic E-state index is -3.43. The Kier molecular flexibility index (Phi) is 9.30. The molecule has 8 nitrogen and oxygen atoms in total. The van der Waals surface area contributed by atoms with Gasteiger partial charge in [-0.1, -0.05) is 35.6 Å². The lowest BCUT2D eigenvalue weighted by atomic mass is 10.2. The lowest BCUT2D eigenvalue weighted by molar-refractivity contribution is -0.118. The van der Waals surface area contributed by atoms with Gasteiger partial charge < -0.3 is 9.47 Å². The first-order valence-electron chi connectivity index (χ1n) is 12.4. The van der Waals surface area contributed by atoms with Crippen LogP contribution in [0.4, 0.5) is 5.13 Å². The SMILES string of the molecule is CCOc1cccc2sc(N(CCCN3CCOCC3)C(=O)CCCS(=O)(=O)c3ccccc3)nc12. The number of anilines is 1. The predicted molar refractivity (Wildman–Crippen MR) is 143 cm³/mol. The van der Waals surface area contributed by atoms with E-state index in [0.29, 0.717) is 24.0 Å². The molecule has 2 heterocycles. The molecule has 194 valence electrons. The Labute approximate surface area is 216 Å². The number of ether oxygens (including phenoxy) is 2. The number of benzene rings is 2. The molecule has 0 N–H and O–H groups in total. The molecule has 0 unspecified atom stereocenters. The van der Waals surface area contributed by atoms with E-state index in [0.717, 1.165) is 49.5 Å². The minimum absolute atomic E-state index is 0.0707. The summed E-state index contributed by atoms with van der Waals surface area (Å²) in [4.78, 5) is 22.5. The maximum Gasteiger partial charge on any atom is 0.228 e. The largest absolute Gasteiger partial charge is 0.492 e. The molecule has 1 aromatic heterocycles. The summed E-state index contributed by atoms with van der Waals surface area (Å²) >= 11 is 1.46. The summed E-state index contributed by atoms with van der Waals surface area (Å²) < 4.78 is 37.4. The molecule has 3 aromatic rings. The van der Waals surface area contributed by atoms with E-state index in [1.54, 1.807) is 35.2 Å². The number of rotatable bonds is 12. The fourth-order valence-electron chi connectivity index (χ4n) is 4.20. The van der Waals surface area contributed by atoms with Gasteiger partial charge in [0, 0.05) is 32.6 Å². The van der Waals surface area contributed by atoms with Gasteiger partial charge in [0.05, 0.1) is 35.2 Å². The van der Waals surface area contributed by atoms with E-state index in [2.05, 4.69) is 4.90 Å². The highest BCUT2D eigenvalue weighted by Gasteiger charge is 2.23. The second kappa shape index (κ2) is 12.6. The van der Waals surface area contributed by atoms with Crippen LogP contribution in [-0.2, 0) is 19.4 Å². The van der Waals surface area contributed by atoms with Crippen molar-refractivity contribution in [1.82, 2.24) is 9.88 Å². The molecule has 1 aliphatic rings. The monoisotopic (exact) mass is 531 g/mol. The summed E-state index contributed by atoms with van der Waals surface area (Å²) in [5.41, 5.74) is 0.747. The van der Waals surface area contributed by atoms with Crippen molar-refractivity contribution in [3.8, 4) is 5.75 Å². The highest BCUT2D eigenvalue weighted by molar-refractivity contribution is 7.91. The smallest absolute Gasteiger partial charge is 0.228 e. The molecular formula is C26H33N3O5S2. The first-order valence-corrected chi connectivity index (χ1v) is 14.9. The fraction of sp³-hybridized carbons (Fsp3) is 0.462. The van der Waals surface area contributed by atoms with Crippen molar-refractivity contribution in [3.05, 3.63) is 48.5 Å². The molecule has 1 amide bonds. The molecule has 4 rings (SSSR count). The van der Waals surface area contributed by atoms with Gasteiger partial charge in [-0.05, 0) is 44.0 Å². The molecule has 10 heteroatoms. The fourth-order valence-corrected chi connectivity index (χ4v) is 6.56. The summed E-state index contributed by atoms with van der Waals surface area (Å²) in [6, 6.07) is 14.2. The average Bonchev–Trinajstić information content (AvgIpc) is 3.33. The van der Waals surface area contributed by atoms with Crippen LogP contribution in [0.3, 0.4) is 0 Å². The third kappa shape index (κ3) is 6.82. The highest BCUT2D eigenvalue weighted by Crippen LogP contribution is 2.34. The average molecular weight is 532 g/mol. The molecule has 1 fully saturated rings. The Morgan fingerprint density at radius 1 is 1.11 bits per heavy atom. The summed E-state index contributed by atoms with van der Waals surface area (Å²) in [7, 11) is -3.43. The minimum Gasteiger partial charge on any atom is -0.492 e. The van der Waals surface area contributed by atoms with Gasteiger partial charge in [-0.2, -0.15) is 0 Å². The van der Waals surface area contributed by atoms with Crippen molar-refractivity contribution in [3.63, 3.8) is 0 Å². The van der Waals surface area contributed by atoms with E-state index in [-0.39, 0.29) is 29.4 Å². The van der Waals surface area contributed by atoms with Crippen LogP contribution >= 0.6 is 11.3 Å². The number of carbonyl (C=O) groups excluding carboxylic acids is 1. The quantitative estimate of drug-likeness (QED) is 0.349. The number of thiazole rings is 1. The number of fused-ring (bicyclic) bond motifs is 1. The molecule has 0 atom stereocenters. The first-order chi connectivity index (χ1) is 17.5. The van der Waals surface area contributed by atoms with Crippen molar-refractivity contribution in [2.45, 2.75) is 31.1 Å². The third-order valence-electron chi connectivity index (χ3n) is 6.07. The number of aromatic nitrogens is 1. The Bertz CT molecular complexity index is 1240. The lowest BCUT2D eigenvalue weighted by Crippen LogP contribution is -2.39. The predicted octanol–water partition coefficient (Wildman–Crippen LogP) is 4.00. The van der Waals surface area contributed by atoms with E-state index in [1.807, 2.05) is 25.1 Å². The molecule has 0 spiro atoms. The topological polar surface area (TPSA) is 89.0 Å². The van der Waals surface area contributed by atoms with Crippen molar-refractivity contribution in [1.29, 1.82) is 0 Å². The standard InChI is InChI=1S/C26H33N3O5S2/c1-2-34-22-11-6-12-23-25(22)27-26(35-23)29(15-8-14-28-16-18-33-19-17-28)24(30)13-7-20-36(31,32)21-9-4-3-5-10-21/h3-6,9-12H,2,7-8,13-20H2,1H3. The van der Waals surface area contributed by atoms with E-state index >= 15 is 0 Å². The molecule has 1 aliphatic heterocycles. The van der Waals surface area contributed by atoms with Crippen LogP contribution in [0.2, 0.25) is 0 Å². The summed E-state index contributed by atoms with van der Waals surface area (Å²) in [5.74, 6) is 0.517. The van der Waals surface area contributed by atoms with Crippen LogP contribution in [0.25, 0.3) is 10.2 Å². The van der Waals surface area contributed by atoms with Crippen molar-refractivity contribution < 1.29 is 22.7 Å². The van der Waals surface area contributed by atoms with Gasteiger partial charge in [-0.3, -0.25) is 14.6 Å². The van der Waals surface area contributed by atoms with E-state index < -0.39 is 9.84 Å². The number of morpholine rings is 1. The second-order valence-electron chi connectivity index (χ2n) is 8.62. The number of sulfone groups is 1. The van der Waals surface area contributed by atoms with Crippen LogP contribution in [0.15, 0.2) is 53.4 Å². The first kappa shape index (κ1) is 26.5. The summed E-state index contributed by atoms with van der Waals surface area (Å²) in [5, 5.41) is 0.620. The molecule has 36 heavy (non-hydrogen) atoms. The third-order valence-corrected chi connectivity index (χ3v) is 8.93. The summed E-state index contributed by atoms with van der Waals surface area (Å²) in [6.07, 6.45) is 1.19. The number of nitrogens with zero attached hydrogens (tertiary/aromatic N) is 3. The lowest BCUT2D eigenvalue weighted by Gasteiger charge is -2.27. The molecule has 1 saturated heterocycles. The van der Waals surface area contributed by atoms with Crippen molar-refractivity contribution in [2.75, 3.05) is 56.7 Å². The molecule has 0 radical (unpaired) electrons. The van der Waals surface area contributed by atoms with Gasteiger partial charge in [-0.25, -0.2) is 13.4 Å². The number of hydrogen-bond donors (Lipinski definition) is 0. The summed E-state index contributed by atoms with van der Waals surface area (Å²) in [6.45, 7) is 7.10. The zero-order valence-corrected chi connectivity index (χ0v) is 22.2. The van der Waals surface area contributed by atoms with E-state index in [1.165, 1.54) is 11.3 Å². The van der Waals surface area contributed by atoms with Gasteiger partial charge in [0.2, 0.25) is 5.91 Å². The van der Waals surface area contributed by atoms with Crippen LogP contribution in [0.5, 0.6) is 5.75 Å². The molecule has 0 saturated carbocycles. The van der Waals surface area contributed by atoms with Crippen LogP contribution < -0.4 is 9.64 Å². The van der Waals surface area contributed by atoms with E-state index in [4.69, 9.17) is 14.5 Å². The van der Waals surface area contributed by atoms with Gasteiger partial charge in [0.25, 0.3) is 0 Å². The van der Waals surface area contributed by atoms with Crippen molar-refractivity contribution >= 4 is 42.4 Å². The van der Waals surface area contributed by atoms with Crippen LogP contribution in [0.1, 0.15) is 26.2 Å². The van der Waals surface area contributed by atoms with Crippen molar-refractivity contribution in [2.24, 2.45) is 0 Å². The Morgan fingerprint density at radius 2 is 1.89 bits per heavy atom. The normalized spacial score (nSPS) is 14.7. The van der Waals surface area contributed by atoms with Gasteiger partial charge >= 0.3 is 0 Å². The Hall–Kier alpha value is -2.53. The second-order valence-corrected chi connectivity index (χ2v) is 11.7. The van der Waals surface area contributed by atoms with Gasteiger partial charge in [0.15, 0.2) is 15.0 Å². The van der Waals surface area contributed by atoms with E-state index in [9.17, 15) is 13.2 Å². The maximum atomic E-state index is 13.4. The van der Waals surface area contributed by atoms with Crippen LogP contribution in [0, 0.1) is 0 Å². The zero-order valence-electron chi connectivity index (χ0n) is 20.6. The van der Waals surface area contributed by atoms with Gasteiger partial charge in [0.1, 0.15) is 11.3 Å². The maximum absolute atomic E-state index is 13.4. The number of carbonyl (C=O) groups is 1. The Balaban J connectivity index is 1.46. The zero-order chi connectivity index (χ0) is 25.4. The highest BCUT2D eigenvalue weighted by atomic mass is 32.2. The van der Waals surface area contributed by atoms with Gasteiger partial charge in [-0.15, -0.1) is 0 Å². The molecule has 2 aromatic carbocycles. The number of para-hydroxylation sites is 1. The number of amides is 1. The molecular weight excluding hydrogens is 498 g/mol.